The summed E-state index contributed by atoms with van der Waals surface area (Å²) in [6.45, 7) is 0.583. The van der Waals surface area contributed by atoms with E-state index in [4.69, 9.17) is 9.47 Å². The predicted octanol–water partition coefficient (Wildman–Crippen LogP) is 3.61. The van der Waals surface area contributed by atoms with Crippen LogP contribution >= 0.6 is 0 Å². The molecule has 31 heavy (non-hydrogen) atoms. The summed E-state index contributed by atoms with van der Waals surface area (Å²) >= 11 is 0. The van der Waals surface area contributed by atoms with Crippen LogP contribution in [0.2, 0.25) is 0 Å². The van der Waals surface area contributed by atoms with E-state index in [9.17, 15) is 10.1 Å². The van der Waals surface area contributed by atoms with Crippen LogP contribution in [0.1, 0.15) is 21.6 Å². The number of esters is 1. The summed E-state index contributed by atoms with van der Waals surface area (Å²) in [5, 5.41) is 15.9. The zero-order valence-electron chi connectivity index (χ0n) is 16.8. The van der Waals surface area contributed by atoms with E-state index in [-0.39, 0.29) is 5.97 Å². The Balaban J connectivity index is 1.42. The minimum absolute atomic E-state index is 0.292. The first-order valence-corrected chi connectivity index (χ1v) is 9.61. The SMILES string of the molecule is COC(=O)c1ccc(CCNc2nccc(/C(C#N)=C3\Nc4ccccc4O3)n2)cc1. The zero-order chi connectivity index (χ0) is 21.6. The molecular weight excluding hydrogens is 394 g/mol. The van der Waals surface area contributed by atoms with Gasteiger partial charge < -0.3 is 20.1 Å². The second kappa shape index (κ2) is 8.97. The van der Waals surface area contributed by atoms with Gasteiger partial charge in [0.15, 0.2) is 5.75 Å². The Hall–Kier alpha value is -4.38. The number of aromatic nitrogens is 2. The number of benzene rings is 2. The van der Waals surface area contributed by atoms with E-state index >= 15 is 0 Å². The van der Waals surface area contributed by atoms with Crippen molar-refractivity contribution in [2.45, 2.75) is 6.42 Å². The maximum Gasteiger partial charge on any atom is 0.337 e. The Morgan fingerprint density at radius 3 is 2.74 bits per heavy atom. The molecule has 1 aromatic heterocycles. The smallest absolute Gasteiger partial charge is 0.337 e. The molecule has 0 unspecified atom stereocenters. The Morgan fingerprint density at radius 2 is 2.00 bits per heavy atom. The number of carbonyl (C=O) groups excluding carboxylic acids is 1. The van der Waals surface area contributed by atoms with Crippen LogP contribution in [0.3, 0.4) is 0 Å². The molecule has 0 fully saturated rings. The van der Waals surface area contributed by atoms with E-state index < -0.39 is 0 Å². The predicted molar refractivity (Wildman–Crippen MR) is 115 cm³/mol. The third-order valence-corrected chi connectivity index (χ3v) is 4.67. The van der Waals surface area contributed by atoms with E-state index in [0.29, 0.717) is 47.4 Å². The van der Waals surface area contributed by atoms with Crippen molar-refractivity contribution in [1.29, 1.82) is 5.26 Å². The highest BCUT2D eigenvalue weighted by molar-refractivity contribution is 5.89. The van der Waals surface area contributed by atoms with Crippen molar-refractivity contribution in [2.24, 2.45) is 0 Å². The third kappa shape index (κ3) is 4.46. The Bertz CT molecular complexity index is 1160. The van der Waals surface area contributed by atoms with Crippen molar-refractivity contribution < 1.29 is 14.3 Å². The molecule has 3 aromatic rings. The van der Waals surface area contributed by atoms with Gasteiger partial charge in [-0.2, -0.15) is 5.26 Å². The molecule has 0 saturated carbocycles. The first kappa shape index (κ1) is 19.9. The summed E-state index contributed by atoms with van der Waals surface area (Å²) < 4.78 is 10.5. The van der Waals surface area contributed by atoms with Gasteiger partial charge in [-0.25, -0.2) is 14.8 Å². The lowest BCUT2D eigenvalue weighted by atomic mass is 10.1. The maximum atomic E-state index is 11.5. The van der Waals surface area contributed by atoms with Crippen LogP contribution in [-0.2, 0) is 11.2 Å². The number of allylic oxidation sites excluding steroid dienone is 1. The average Bonchev–Trinajstić information content (AvgIpc) is 3.23. The molecule has 0 radical (unpaired) electrons. The summed E-state index contributed by atoms with van der Waals surface area (Å²) in [6, 6.07) is 18.5. The number of nitrogens with zero attached hydrogens (tertiary/aromatic N) is 3. The highest BCUT2D eigenvalue weighted by Crippen LogP contribution is 2.35. The van der Waals surface area contributed by atoms with E-state index in [1.807, 2.05) is 36.4 Å². The topological polar surface area (TPSA) is 109 Å². The number of para-hydroxylation sites is 2. The highest BCUT2D eigenvalue weighted by atomic mass is 16.5. The first-order valence-electron chi connectivity index (χ1n) is 9.61. The Labute approximate surface area is 179 Å². The lowest BCUT2D eigenvalue weighted by Gasteiger charge is -2.08. The number of fused-ring (bicyclic) bond motifs is 1. The van der Waals surface area contributed by atoms with E-state index in [0.717, 1.165) is 11.3 Å². The fourth-order valence-electron chi connectivity index (χ4n) is 3.08. The van der Waals surface area contributed by atoms with Crippen molar-refractivity contribution in [3.8, 4) is 11.8 Å². The van der Waals surface area contributed by atoms with Crippen molar-refractivity contribution in [2.75, 3.05) is 24.3 Å². The van der Waals surface area contributed by atoms with Gasteiger partial charge in [-0.15, -0.1) is 0 Å². The van der Waals surface area contributed by atoms with Gasteiger partial charge in [0.1, 0.15) is 11.6 Å². The third-order valence-electron chi connectivity index (χ3n) is 4.67. The molecule has 2 heterocycles. The van der Waals surface area contributed by atoms with Crippen LogP contribution in [0.15, 0.2) is 66.7 Å². The summed E-state index contributed by atoms with van der Waals surface area (Å²) in [4.78, 5) is 20.2. The number of nitrogens with one attached hydrogen (secondary N) is 2. The van der Waals surface area contributed by atoms with Gasteiger partial charge in [0.2, 0.25) is 11.8 Å². The second-order valence-corrected chi connectivity index (χ2v) is 6.67. The fourth-order valence-corrected chi connectivity index (χ4v) is 3.08. The summed E-state index contributed by atoms with van der Waals surface area (Å²) in [5.74, 6) is 1.06. The summed E-state index contributed by atoms with van der Waals surface area (Å²) in [7, 11) is 1.36. The van der Waals surface area contributed by atoms with E-state index in [2.05, 4.69) is 26.7 Å². The summed E-state index contributed by atoms with van der Waals surface area (Å²) in [5.41, 5.74) is 3.11. The normalized spacial score (nSPS) is 13.3. The number of hydrogen-bond acceptors (Lipinski definition) is 8. The molecule has 0 saturated heterocycles. The van der Waals surface area contributed by atoms with Gasteiger partial charge in [0.25, 0.3) is 0 Å². The molecule has 0 bridgehead atoms. The number of hydrogen-bond donors (Lipinski definition) is 2. The molecule has 4 rings (SSSR count). The van der Waals surface area contributed by atoms with Crippen LogP contribution in [0.4, 0.5) is 11.6 Å². The van der Waals surface area contributed by atoms with Gasteiger partial charge in [-0.05, 0) is 42.3 Å². The highest BCUT2D eigenvalue weighted by Gasteiger charge is 2.21. The zero-order valence-corrected chi connectivity index (χ0v) is 16.8. The van der Waals surface area contributed by atoms with Crippen molar-refractivity contribution in [1.82, 2.24) is 9.97 Å². The minimum atomic E-state index is -0.360. The molecule has 0 atom stereocenters. The quantitative estimate of drug-likeness (QED) is 0.466. The second-order valence-electron chi connectivity index (χ2n) is 6.67. The molecule has 2 N–H and O–H groups in total. The van der Waals surface area contributed by atoms with Crippen molar-refractivity contribution in [3.05, 3.63) is 83.5 Å². The largest absolute Gasteiger partial charge is 0.465 e. The van der Waals surface area contributed by atoms with Gasteiger partial charge in [0.05, 0.1) is 24.1 Å². The summed E-state index contributed by atoms with van der Waals surface area (Å²) in [6.07, 6.45) is 2.30. The number of carbonyl (C=O) groups is 1. The molecule has 1 aliphatic heterocycles. The molecule has 0 aliphatic carbocycles. The van der Waals surface area contributed by atoms with Crippen LogP contribution in [0.25, 0.3) is 5.57 Å². The van der Waals surface area contributed by atoms with Gasteiger partial charge >= 0.3 is 5.97 Å². The number of methoxy groups -OCH3 is 1. The number of nitriles is 1. The van der Waals surface area contributed by atoms with Crippen molar-refractivity contribution in [3.63, 3.8) is 0 Å². The van der Waals surface area contributed by atoms with Crippen molar-refractivity contribution >= 4 is 23.2 Å². The molecule has 0 amide bonds. The van der Waals surface area contributed by atoms with Crippen LogP contribution in [0.5, 0.6) is 5.75 Å². The minimum Gasteiger partial charge on any atom is -0.465 e. The lowest BCUT2D eigenvalue weighted by Crippen LogP contribution is -2.10. The number of ether oxygens (including phenoxy) is 2. The van der Waals surface area contributed by atoms with Gasteiger partial charge in [0, 0.05) is 12.7 Å². The number of anilines is 2. The van der Waals surface area contributed by atoms with Gasteiger partial charge in [-0.1, -0.05) is 24.3 Å². The molecule has 2 aromatic carbocycles. The van der Waals surface area contributed by atoms with E-state index in [1.165, 1.54) is 7.11 Å². The molecule has 0 spiro atoms. The fraction of sp³-hybridized carbons (Fsp3) is 0.130. The van der Waals surface area contributed by atoms with Crippen LogP contribution in [-0.4, -0.2) is 29.6 Å². The number of rotatable bonds is 6. The van der Waals surface area contributed by atoms with Crippen LogP contribution < -0.4 is 15.4 Å². The monoisotopic (exact) mass is 413 g/mol. The Morgan fingerprint density at radius 1 is 1.19 bits per heavy atom. The van der Waals surface area contributed by atoms with Gasteiger partial charge in [-0.3, -0.25) is 0 Å². The van der Waals surface area contributed by atoms with E-state index in [1.54, 1.807) is 24.4 Å². The Kier molecular flexibility index (Phi) is 5.76. The first-order chi connectivity index (χ1) is 15.2. The molecular formula is C23H19N5O3. The lowest BCUT2D eigenvalue weighted by molar-refractivity contribution is 0.0600. The standard InChI is InChI=1S/C23H19N5O3/c1-30-22(29)16-8-6-15(7-9-16)10-12-25-23-26-13-11-18(28-23)17(14-24)21-27-19-4-2-3-5-20(19)31-21/h2-9,11,13,27H,10,12H2,1H3,(H,25,26,28)/b21-17+. The molecule has 8 nitrogen and oxygen atoms in total. The average molecular weight is 413 g/mol. The molecule has 8 heteroatoms. The maximum absolute atomic E-state index is 11.5. The molecule has 1 aliphatic rings. The van der Waals surface area contributed by atoms with Crippen LogP contribution in [0, 0.1) is 11.3 Å². The molecule has 154 valence electrons.